The Kier molecular flexibility index (Phi) is 3.88. The molecule has 0 aliphatic heterocycles. The van der Waals surface area contributed by atoms with E-state index < -0.39 is 22.0 Å². The number of hydrogen-bond donors (Lipinski definition) is 0. The zero-order chi connectivity index (χ0) is 10.6. The number of carbonyl (C=O) groups is 1. The summed E-state index contributed by atoms with van der Waals surface area (Å²) < 4.78 is 35.0. The molecule has 6 heteroatoms. The number of hydrogen-bond acceptors (Lipinski definition) is 5. The molecule has 1 fully saturated rings. The summed E-state index contributed by atoms with van der Waals surface area (Å²) in [6.07, 6.45) is 4.49. The van der Waals surface area contributed by atoms with Gasteiger partial charge in [0.05, 0.1) is 5.92 Å². The van der Waals surface area contributed by atoms with Crippen LogP contribution in [-0.2, 0) is 19.6 Å². The van der Waals surface area contributed by atoms with Crippen molar-refractivity contribution in [3.05, 3.63) is 0 Å². The van der Waals surface area contributed by atoms with Gasteiger partial charge in [-0.15, -0.1) is 0 Å². The summed E-state index contributed by atoms with van der Waals surface area (Å²) >= 11 is 0. The molecule has 0 aromatic rings. The van der Waals surface area contributed by atoms with Gasteiger partial charge in [0.1, 0.15) is 10.1 Å². The van der Waals surface area contributed by atoms with Gasteiger partial charge in [-0.05, 0) is 12.8 Å². The fourth-order valence-electron chi connectivity index (χ4n) is 1.59. The molecular weight excluding hydrogens is 208 g/mol. The maximum absolute atomic E-state index is 11.2. The van der Waals surface area contributed by atoms with Gasteiger partial charge < -0.3 is 9.29 Å². The van der Waals surface area contributed by atoms with Crippen LogP contribution in [0.2, 0.25) is 0 Å². The van der Waals surface area contributed by atoms with Gasteiger partial charge in [-0.25, -0.2) is 8.42 Å². The molecule has 5 nitrogen and oxygen atoms in total. The lowest BCUT2D eigenvalue weighted by atomic mass is 9.89. The summed E-state index contributed by atoms with van der Waals surface area (Å²) in [7, 11) is -4.45. The highest BCUT2D eigenvalue weighted by atomic mass is 32.2. The van der Waals surface area contributed by atoms with Crippen molar-refractivity contribution < 1.29 is 22.5 Å². The predicted octanol–water partition coefficient (Wildman–Crippen LogP) is 0.613. The van der Waals surface area contributed by atoms with Gasteiger partial charge in [0, 0.05) is 0 Å². The highest BCUT2D eigenvalue weighted by molar-refractivity contribution is 7.85. The molecular formula is C8H13O5S-. The Morgan fingerprint density at radius 3 is 2.36 bits per heavy atom. The Bertz CT molecular complexity index is 289. The zero-order valence-corrected chi connectivity index (χ0v) is 8.59. The maximum Gasteiger partial charge on any atom is 0.309 e. The summed E-state index contributed by atoms with van der Waals surface area (Å²) in [5.74, 6) is -1.81. The largest absolute Gasteiger partial charge is 0.745 e. The minimum absolute atomic E-state index is 0.217. The molecule has 1 saturated carbocycles. The van der Waals surface area contributed by atoms with Gasteiger partial charge in [-0.2, -0.15) is 0 Å². The molecule has 0 radical (unpaired) electrons. The first-order valence-corrected chi connectivity index (χ1v) is 6.17. The minimum atomic E-state index is -4.45. The van der Waals surface area contributed by atoms with E-state index in [9.17, 15) is 17.8 Å². The molecule has 0 aromatic carbocycles. The molecule has 0 N–H and O–H groups in total. The SMILES string of the molecule is O=C(OCS(=O)(=O)[O-])C1CCCCC1. The van der Waals surface area contributed by atoms with E-state index in [-0.39, 0.29) is 5.92 Å². The molecule has 0 atom stereocenters. The summed E-state index contributed by atoms with van der Waals surface area (Å²) in [5.41, 5.74) is 0. The normalized spacial score (nSPS) is 19.2. The summed E-state index contributed by atoms with van der Waals surface area (Å²) in [6.45, 7) is 0. The van der Waals surface area contributed by atoms with Crippen LogP contribution in [0.4, 0.5) is 0 Å². The topological polar surface area (TPSA) is 83.5 Å². The molecule has 0 spiro atoms. The zero-order valence-electron chi connectivity index (χ0n) is 7.77. The number of rotatable bonds is 3. The van der Waals surface area contributed by atoms with Crippen LogP contribution in [-0.4, -0.2) is 24.9 Å². The second-order valence-electron chi connectivity index (χ2n) is 3.47. The van der Waals surface area contributed by atoms with Gasteiger partial charge in [0.25, 0.3) is 0 Å². The van der Waals surface area contributed by atoms with Crippen molar-refractivity contribution in [3.63, 3.8) is 0 Å². The molecule has 1 aliphatic rings. The van der Waals surface area contributed by atoms with Gasteiger partial charge in [-0.1, -0.05) is 19.3 Å². The van der Waals surface area contributed by atoms with Crippen molar-refractivity contribution in [2.45, 2.75) is 32.1 Å². The molecule has 82 valence electrons. The first-order chi connectivity index (χ1) is 6.49. The Balaban J connectivity index is 2.34. The monoisotopic (exact) mass is 221 g/mol. The van der Waals surface area contributed by atoms with E-state index in [1.54, 1.807) is 0 Å². The lowest BCUT2D eigenvalue weighted by molar-refractivity contribution is -0.147. The molecule has 1 aliphatic carbocycles. The van der Waals surface area contributed by atoms with E-state index in [2.05, 4.69) is 4.74 Å². The molecule has 0 unspecified atom stereocenters. The third-order valence-electron chi connectivity index (χ3n) is 2.28. The predicted molar refractivity (Wildman–Crippen MR) is 47.2 cm³/mol. The van der Waals surface area contributed by atoms with Crippen LogP contribution in [0.3, 0.4) is 0 Å². The molecule has 0 heterocycles. The van der Waals surface area contributed by atoms with Gasteiger partial charge >= 0.3 is 5.97 Å². The van der Waals surface area contributed by atoms with E-state index in [1.807, 2.05) is 0 Å². The molecule has 14 heavy (non-hydrogen) atoms. The van der Waals surface area contributed by atoms with E-state index in [0.717, 1.165) is 32.1 Å². The highest BCUT2D eigenvalue weighted by Crippen LogP contribution is 2.24. The fourth-order valence-corrected chi connectivity index (χ4v) is 1.85. The van der Waals surface area contributed by atoms with Crippen LogP contribution in [0.1, 0.15) is 32.1 Å². The van der Waals surface area contributed by atoms with E-state index in [4.69, 9.17) is 0 Å². The highest BCUT2D eigenvalue weighted by Gasteiger charge is 2.22. The molecule has 1 rings (SSSR count). The summed E-state index contributed by atoms with van der Waals surface area (Å²) in [5, 5.41) is 0. The maximum atomic E-state index is 11.2. The Morgan fingerprint density at radius 2 is 1.86 bits per heavy atom. The van der Waals surface area contributed by atoms with Crippen molar-refractivity contribution in [2.75, 3.05) is 5.94 Å². The van der Waals surface area contributed by atoms with Crippen LogP contribution in [0.25, 0.3) is 0 Å². The number of ether oxygens (including phenoxy) is 1. The lowest BCUT2D eigenvalue weighted by Crippen LogP contribution is -2.23. The van der Waals surface area contributed by atoms with E-state index in [1.165, 1.54) is 0 Å². The molecule has 0 bridgehead atoms. The van der Waals surface area contributed by atoms with Crippen LogP contribution in [0.15, 0.2) is 0 Å². The Hall–Kier alpha value is -0.620. The van der Waals surface area contributed by atoms with Crippen LogP contribution in [0.5, 0.6) is 0 Å². The summed E-state index contributed by atoms with van der Waals surface area (Å²) in [4.78, 5) is 11.2. The second kappa shape index (κ2) is 4.75. The quantitative estimate of drug-likeness (QED) is 0.515. The molecule has 0 aromatic heterocycles. The molecule has 0 amide bonds. The smallest absolute Gasteiger partial charge is 0.309 e. The van der Waals surface area contributed by atoms with Crippen LogP contribution in [0, 0.1) is 5.92 Å². The van der Waals surface area contributed by atoms with E-state index in [0.29, 0.717) is 0 Å². The number of carbonyl (C=O) groups excluding carboxylic acids is 1. The van der Waals surface area contributed by atoms with Gasteiger partial charge in [-0.3, -0.25) is 4.79 Å². The molecule has 0 saturated heterocycles. The van der Waals surface area contributed by atoms with E-state index >= 15 is 0 Å². The van der Waals surface area contributed by atoms with Crippen LogP contribution < -0.4 is 0 Å². The third kappa shape index (κ3) is 4.06. The second-order valence-corrected chi connectivity index (χ2v) is 4.82. The minimum Gasteiger partial charge on any atom is -0.745 e. The Labute approximate surface area is 83.2 Å². The average molecular weight is 221 g/mol. The van der Waals surface area contributed by atoms with Crippen molar-refractivity contribution in [2.24, 2.45) is 5.92 Å². The van der Waals surface area contributed by atoms with Gasteiger partial charge in [0.2, 0.25) is 0 Å². The van der Waals surface area contributed by atoms with Crippen molar-refractivity contribution >= 4 is 16.1 Å². The first kappa shape index (κ1) is 11.5. The Morgan fingerprint density at radius 1 is 1.29 bits per heavy atom. The standard InChI is InChI=1S/C8H14O5S/c9-8(13-6-14(10,11)12)7-4-2-1-3-5-7/h7H,1-6H2,(H,10,11,12)/p-1. The van der Waals surface area contributed by atoms with Crippen molar-refractivity contribution in [1.82, 2.24) is 0 Å². The van der Waals surface area contributed by atoms with Crippen molar-refractivity contribution in [1.29, 1.82) is 0 Å². The van der Waals surface area contributed by atoms with Crippen molar-refractivity contribution in [3.8, 4) is 0 Å². The third-order valence-corrected chi connectivity index (χ3v) is 2.69. The van der Waals surface area contributed by atoms with Gasteiger partial charge in [0.15, 0.2) is 5.94 Å². The average Bonchev–Trinajstić information content (AvgIpc) is 2.14. The van der Waals surface area contributed by atoms with Crippen LogP contribution >= 0.6 is 0 Å². The summed E-state index contributed by atoms with van der Waals surface area (Å²) in [6, 6.07) is 0. The fraction of sp³-hybridized carbons (Fsp3) is 0.875. The lowest BCUT2D eigenvalue weighted by Gasteiger charge is -2.20. The first-order valence-electron chi connectivity index (χ1n) is 4.59. The number of esters is 1.